The summed E-state index contributed by atoms with van der Waals surface area (Å²) < 4.78 is 0. The second-order valence-electron chi connectivity index (χ2n) is 3.53. The van der Waals surface area contributed by atoms with E-state index >= 15 is 0 Å². The number of nitrogens with two attached hydrogens (primary N) is 1. The maximum Gasteiger partial charge on any atom is 0.233 e. The number of rotatable bonds is 4. The number of hydrazine groups is 1. The van der Waals surface area contributed by atoms with Crippen LogP contribution in [0.25, 0.3) is 0 Å². The molecule has 82 valence electrons. The fourth-order valence-electron chi connectivity index (χ4n) is 1.30. The van der Waals surface area contributed by atoms with Gasteiger partial charge in [0.05, 0.1) is 6.10 Å². The molecule has 0 heterocycles. The van der Waals surface area contributed by atoms with Gasteiger partial charge < -0.3 is 5.11 Å². The molecule has 0 fully saturated rings. The summed E-state index contributed by atoms with van der Waals surface area (Å²) in [5.74, 6) is 4.67. The topological polar surface area (TPSA) is 75.3 Å². The largest absolute Gasteiger partial charge is 0.388 e. The fraction of sp³-hybridized carbons (Fsp3) is 0.364. The predicted molar refractivity (Wildman–Crippen MR) is 57.7 cm³/mol. The highest BCUT2D eigenvalue weighted by atomic mass is 16.3. The van der Waals surface area contributed by atoms with Gasteiger partial charge in [0.25, 0.3) is 0 Å². The minimum absolute atomic E-state index is 0.228. The molecule has 4 heteroatoms. The van der Waals surface area contributed by atoms with E-state index in [-0.39, 0.29) is 12.3 Å². The van der Waals surface area contributed by atoms with Crippen LogP contribution in [-0.4, -0.2) is 11.0 Å². The van der Waals surface area contributed by atoms with Gasteiger partial charge in [-0.2, -0.15) is 0 Å². The molecule has 0 aliphatic rings. The van der Waals surface area contributed by atoms with E-state index in [2.05, 4.69) is 0 Å². The Kier molecular flexibility index (Phi) is 4.27. The molecule has 0 saturated heterocycles. The molecule has 1 amide bonds. The Bertz CT molecular complexity index is 322. The van der Waals surface area contributed by atoms with Gasteiger partial charge in [-0.25, -0.2) is 5.84 Å². The summed E-state index contributed by atoms with van der Waals surface area (Å²) in [6, 6.07) is 7.59. The number of aliphatic hydroxyl groups excluding tert-OH is 1. The molecule has 0 spiro atoms. The number of amides is 1. The summed E-state index contributed by atoms with van der Waals surface area (Å²) in [5, 5.41) is 9.73. The molecule has 1 aromatic rings. The molecule has 1 aromatic carbocycles. The molecular weight excluding hydrogens is 192 g/mol. The van der Waals surface area contributed by atoms with Crippen LogP contribution in [0.1, 0.15) is 30.1 Å². The monoisotopic (exact) mass is 208 g/mol. The molecule has 1 unspecified atom stereocenters. The first-order valence-corrected chi connectivity index (χ1v) is 4.87. The SMILES string of the molecule is Cc1ccc(C(O)CCC(=O)NN)cc1. The van der Waals surface area contributed by atoms with E-state index < -0.39 is 6.10 Å². The quantitative estimate of drug-likeness (QED) is 0.389. The van der Waals surface area contributed by atoms with Crippen molar-refractivity contribution in [3.05, 3.63) is 35.4 Å². The summed E-state index contributed by atoms with van der Waals surface area (Å²) in [6.07, 6.45) is 0.000341. The van der Waals surface area contributed by atoms with Gasteiger partial charge in [-0.05, 0) is 18.9 Å². The van der Waals surface area contributed by atoms with Crippen molar-refractivity contribution in [2.75, 3.05) is 0 Å². The lowest BCUT2D eigenvalue weighted by molar-refractivity contribution is -0.121. The Balaban J connectivity index is 2.50. The van der Waals surface area contributed by atoms with Crippen LogP contribution in [0.4, 0.5) is 0 Å². The van der Waals surface area contributed by atoms with Gasteiger partial charge in [0.15, 0.2) is 0 Å². The summed E-state index contributed by atoms with van der Waals surface area (Å²) in [6.45, 7) is 1.98. The second-order valence-corrected chi connectivity index (χ2v) is 3.53. The van der Waals surface area contributed by atoms with Gasteiger partial charge in [-0.3, -0.25) is 10.2 Å². The minimum atomic E-state index is -0.608. The van der Waals surface area contributed by atoms with Crippen LogP contribution in [-0.2, 0) is 4.79 Å². The van der Waals surface area contributed by atoms with E-state index in [1.54, 1.807) is 0 Å². The highest BCUT2D eigenvalue weighted by Crippen LogP contribution is 2.18. The maximum absolute atomic E-state index is 10.9. The molecule has 1 rings (SSSR count). The summed E-state index contributed by atoms with van der Waals surface area (Å²) in [5.41, 5.74) is 4.00. The summed E-state index contributed by atoms with van der Waals surface area (Å²) in [7, 11) is 0. The molecule has 0 bridgehead atoms. The average molecular weight is 208 g/mol. The zero-order chi connectivity index (χ0) is 11.3. The smallest absolute Gasteiger partial charge is 0.233 e. The van der Waals surface area contributed by atoms with E-state index in [9.17, 15) is 9.90 Å². The zero-order valence-corrected chi connectivity index (χ0v) is 8.73. The Labute approximate surface area is 89.1 Å². The van der Waals surface area contributed by atoms with Crippen molar-refractivity contribution in [1.82, 2.24) is 5.43 Å². The number of aryl methyl sites for hydroxylation is 1. The first kappa shape index (κ1) is 11.7. The zero-order valence-electron chi connectivity index (χ0n) is 8.73. The Hall–Kier alpha value is -1.39. The number of aliphatic hydroxyl groups is 1. The van der Waals surface area contributed by atoms with Crippen molar-refractivity contribution in [3.8, 4) is 0 Å². The van der Waals surface area contributed by atoms with Gasteiger partial charge in [0, 0.05) is 6.42 Å². The maximum atomic E-state index is 10.9. The highest BCUT2D eigenvalue weighted by Gasteiger charge is 2.09. The number of benzene rings is 1. The molecular formula is C11H16N2O2. The van der Waals surface area contributed by atoms with Crippen molar-refractivity contribution in [1.29, 1.82) is 0 Å². The standard InChI is InChI=1S/C11H16N2O2/c1-8-2-4-9(5-3-8)10(14)6-7-11(15)13-12/h2-5,10,14H,6-7,12H2,1H3,(H,13,15). The van der Waals surface area contributed by atoms with Crippen LogP contribution in [0.15, 0.2) is 24.3 Å². The van der Waals surface area contributed by atoms with Gasteiger partial charge >= 0.3 is 0 Å². The second kappa shape index (κ2) is 5.48. The van der Waals surface area contributed by atoms with Crippen LogP contribution in [0.2, 0.25) is 0 Å². The van der Waals surface area contributed by atoms with Crippen LogP contribution < -0.4 is 11.3 Å². The highest BCUT2D eigenvalue weighted by molar-refractivity contribution is 5.75. The Morgan fingerprint density at radius 2 is 2.07 bits per heavy atom. The Morgan fingerprint density at radius 1 is 1.47 bits per heavy atom. The predicted octanol–water partition coefficient (Wildman–Crippen LogP) is 0.799. The molecule has 0 saturated carbocycles. The summed E-state index contributed by atoms with van der Waals surface area (Å²) >= 11 is 0. The van der Waals surface area contributed by atoms with Gasteiger partial charge in [-0.1, -0.05) is 29.8 Å². The van der Waals surface area contributed by atoms with E-state index in [0.717, 1.165) is 11.1 Å². The normalized spacial score (nSPS) is 12.2. The van der Waals surface area contributed by atoms with Gasteiger partial charge in [0.1, 0.15) is 0 Å². The molecule has 15 heavy (non-hydrogen) atoms. The van der Waals surface area contributed by atoms with Crippen molar-refractivity contribution >= 4 is 5.91 Å². The fourth-order valence-corrected chi connectivity index (χ4v) is 1.30. The van der Waals surface area contributed by atoms with Crippen LogP contribution in [0, 0.1) is 6.92 Å². The Morgan fingerprint density at radius 3 is 2.60 bits per heavy atom. The molecule has 0 aliphatic heterocycles. The molecule has 0 aromatic heterocycles. The van der Waals surface area contributed by atoms with Crippen LogP contribution in [0.5, 0.6) is 0 Å². The molecule has 4 nitrogen and oxygen atoms in total. The molecule has 0 aliphatic carbocycles. The van der Waals surface area contributed by atoms with Crippen molar-refractivity contribution in [2.45, 2.75) is 25.9 Å². The average Bonchev–Trinajstić information content (AvgIpc) is 2.26. The van der Waals surface area contributed by atoms with Gasteiger partial charge in [0.2, 0.25) is 5.91 Å². The lowest BCUT2D eigenvalue weighted by Gasteiger charge is -2.10. The summed E-state index contributed by atoms with van der Waals surface area (Å²) in [4.78, 5) is 10.9. The number of nitrogens with one attached hydrogen (secondary N) is 1. The van der Waals surface area contributed by atoms with Gasteiger partial charge in [-0.15, -0.1) is 0 Å². The van der Waals surface area contributed by atoms with Crippen molar-refractivity contribution in [2.24, 2.45) is 5.84 Å². The number of carbonyl (C=O) groups excluding carboxylic acids is 1. The lowest BCUT2D eigenvalue weighted by atomic mass is 10.0. The van der Waals surface area contributed by atoms with E-state index in [1.807, 2.05) is 36.6 Å². The third-order valence-corrected chi connectivity index (χ3v) is 2.27. The third kappa shape index (κ3) is 3.69. The number of carbonyl (C=O) groups is 1. The first-order chi connectivity index (χ1) is 7.13. The van der Waals surface area contributed by atoms with Crippen LogP contribution in [0.3, 0.4) is 0 Å². The number of hydrogen-bond donors (Lipinski definition) is 3. The molecule has 4 N–H and O–H groups in total. The van der Waals surface area contributed by atoms with Crippen LogP contribution >= 0.6 is 0 Å². The minimum Gasteiger partial charge on any atom is -0.388 e. The van der Waals surface area contributed by atoms with Crippen molar-refractivity contribution < 1.29 is 9.90 Å². The van der Waals surface area contributed by atoms with E-state index in [0.29, 0.717) is 6.42 Å². The van der Waals surface area contributed by atoms with E-state index in [1.165, 1.54) is 0 Å². The van der Waals surface area contributed by atoms with E-state index in [4.69, 9.17) is 5.84 Å². The van der Waals surface area contributed by atoms with Crippen molar-refractivity contribution in [3.63, 3.8) is 0 Å². The molecule has 0 radical (unpaired) electrons. The first-order valence-electron chi connectivity index (χ1n) is 4.87. The lowest BCUT2D eigenvalue weighted by Crippen LogP contribution is -2.30. The number of hydrogen-bond acceptors (Lipinski definition) is 3. The molecule has 1 atom stereocenters. The third-order valence-electron chi connectivity index (χ3n) is 2.27.